The molecular weight excluding hydrogens is 248 g/mol. The summed E-state index contributed by atoms with van der Waals surface area (Å²) >= 11 is 0. The van der Waals surface area contributed by atoms with Gasteiger partial charge in [-0.2, -0.15) is 0 Å². The van der Waals surface area contributed by atoms with Gasteiger partial charge in [-0.05, 0) is 38.0 Å². The second kappa shape index (κ2) is 5.79. The molecule has 2 rings (SSSR count). The fourth-order valence-electron chi connectivity index (χ4n) is 3.17. The highest BCUT2D eigenvalue weighted by molar-refractivity contribution is 5.85. The number of nitrogens with two attached hydrogens (primary N) is 1. The summed E-state index contributed by atoms with van der Waals surface area (Å²) in [5.74, 6) is 0.197. The van der Waals surface area contributed by atoms with Crippen LogP contribution in [0.3, 0.4) is 0 Å². The number of nitrogens with one attached hydrogen (secondary N) is 1. The third-order valence-electron chi connectivity index (χ3n) is 4.82. The third-order valence-corrected chi connectivity index (χ3v) is 4.82. The molecule has 3 N–H and O–H groups in total. The van der Waals surface area contributed by atoms with Crippen molar-refractivity contribution in [1.29, 1.82) is 0 Å². The van der Waals surface area contributed by atoms with E-state index in [0.717, 1.165) is 32.2 Å². The summed E-state index contributed by atoms with van der Waals surface area (Å²) in [4.78, 5) is 12.2. The first-order chi connectivity index (χ1) is 7.93. The molecule has 0 radical (unpaired) electrons. The van der Waals surface area contributed by atoms with E-state index < -0.39 is 0 Å². The lowest BCUT2D eigenvalue weighted by molar-refractivity contribution is -0.128. The molecule has 106 valence electrons. The summed E-state index contributed by atoms with van der Waals surface area (Å²) in [6.07, 6.45) is 8.04. The van der Waals surface area contributed by atoms with E-state index in [9.17, 15) is 4.79 Å². The molecule has 0 aromatic carbocycles. The SMILES string of the molecule is CC1(CNC(=O)C2CCCCC2(C)N)CCC1.Cl. The van der Waals surface area contributed by atoms with Gasteiger partial charge in [0.1, 0.15) is 0 Å². The van der Waals surface area contributed by atoms with Gasteiger partial charge in [0.05, 0.1) is 5.92 Å². The molecule has 0 heterocycles. The Labute approximate surface area is 117 Å². The number of halogens is 1. The fraction of sp³-hybridized carbons (Fsp3) is 0.929. The molecule has 2 saturated carbocycles. The lowest BCUT2D eigenvalue weighted by atomic mass is 9.70. The quantitative estimate of drug-likeness (QED) is 0.831. The minimum atomic E-state index is -0.303. The van der Waals surface area contributed by atoms with Gasteiger partial charge in [0.25, 0.3) is 0 Å². The maximum atomic E-state index is 12.2. The Bertz CT molecular complexity index is 300. The molecule has 0 spiro atoms. The number of carbonyl (C=O) groups is 1. The second-order valence-corrected chi connectivity index (χ2v) is 6.69. The molecule has 0 aromatic rings. The smallest absolute Gasteiger partial charge is 0.224 e. The zero-order chi connectivity index (χ0) is 12.5. The highest BCUT2D eigenvalue weighted by Crippen LogP contribution is 2.39. The molecule has 0 bridgehead atoms. The van der Waals surface area contributed by atoms with Crippen LogP contribution in [0.2, 0.25) is 0 Å². The van der Waals surface area contributed by atoms with Crippen LogP contribution in [0.15, 0.2) is 0 Å². The topological polar surface area (TPSA) is 55.1 Å². The largest absolute Gasteiger partial charge is 0.355 e. The van der Waals surface area contributed by atoms with E-state index in [-0.39, 0.29) is 29.8 Å². The minimum Gasteiger partial charge on any atom is -0.355 e. The fourth-order valence-corrected chi connectivity index (χ4v) is 3.17. The summed E-state index contributed by atoms with van der Waals surface area (Å²) in [5, 5.41) is 3.13. The van der Waals surface area contributed by atoms with Crippen LogP contribution < -0.4 is 11.1 Å². The van der Waals surface area contributed by atoms with Crippen molar-refractivity contribution in [3.63, 3.8) is 0 Å². The van der Waals surface area contributed by atoms with Crippen LogP contribution in [-0.4, -0.2) is 18.0 Å². The van der Waals surface area contributed by atoms with Gasteiger partial charge in [0, 0.05) is 12.1 Å². The summed E-state index contributed by atoms with van der Waals surface area (Å²) in [6.45, 7) is 5.12. The van der Waals surface area contributed by atoms with Gasteiger partial charge < -0.3 is 11.1 Å². The van der Waals surface area contributed by atoms with Crippen molar-refractivity contribution in [2.75, 3.05) is 6.54 Å². The van der Waals surface area contributed by atoms with E-state index in [1.165, 1.54) is 19.3 Å². The van der Waals surface area contributed by atoms with Crippen LogP contribution in [0.1, 0.15) is 58.8 Å². The van der Waals surface area contributed by atoms with Gasteiger partial charge >= 0.3 is 0 Å². The molecule has 2 unspecified atom stereocenters. The van der Waals surface area contributed by atoms with E-state index in [0.29, 0.717) is 5.41 Å². The molecule has 2 aliphatic carbocycles. The van der Waals surface area contributed by atoms with Crippen molar-refractivity contribution in [2.24, 2.45) is 17.1 Å². The van der Waals surface area contributed by atoms with E-state index in [4.69, 9.17) is 5.73 Å². The molecule has 18 heavy (non-hydrogen) atoms. The van der Waals surface area contributed by atoms with Crippen LogP contribution in [0.25, 0.3) is 0 Å². The zero-order valence-electron chi connectivity index (χ0n) is 11.6. The summed E-state index contributed by atoms with van der Waals surface area (Å²) in [7, 11) is 0. The van der Waals surface area contributed by atoms with Crippen molar-refractivity contribution in [1.82, 2.24) is 5.32 Å². The van der Waals surface area contributed by atoms with Gasteiger partial charge in [-0.15, -0.1) is 12.4 Å². The average Bonchev–Trinajstić information content (AvgIpc) is 2.22. The van der Waals surface area contributed by atoms with Gasteiger partial charge in [0.15, 0.2) is 0 Å². The normalized spacial score (nSPS) is 34.1. The standard InChI is InChI=1S/C14H26N2O.ClH/c1-13(7-5-8-13)10-16-12(17)11-6-3-4-9-14(11,2)15;/h11H,3-10,15H2,1-2H3,(H,16,17);1H. The lowest BCUT2D eigenvalue weighted by Crippen LogP contribution is -2.54. The van der Waals surface area contributed by atoms with Crippen molar-refractivity contribution in [3.8, 4) is 0 Å². The maximum absolute atomic E-state index is 12.2. The number of hydrogen-bond acceptors (Lipinski definition) is 2. The summed E-state index contributed by atoms with van der Waals surface area (Å²) in [5.41, 5.74) is 6.30. The Balaban J connectivity index is 0.00000162. The van der Waals surface area contributed by atoms with Crippen LogP contribution in [0.4, 0.5) is 0 Å². The lowest BCUT2D eigenvalue weighted by Gasteiger charge is -2.41. The Kier molecular flexibility index (Phi) is 5.07. The van der Waals surface area contributed by atoms with Crippen molar-refractivity contribution in [2.45, 2.75) is 64.3 Å². The molecular formula is C14H27ClN2O. The predicted octanol–water partition coefficient (Wildman–Crippen LogP) is 2.62. The molecule has 2 fully saturated rings. The summed E-state index contributed by atoms with van der Waals surface area (Å²) < 4.78 is 0. The van der Waals surface area contributed by atoms with E-state index >= 15 is 0 Å². The number of amides is 1. The van der Waals surface area contributed by atoms with Crippen LogP contribution in [-0.2, 0) is 4.79 Å². The predicted molar refractivity (Wildman–Crippen MR) is 76.8 cm³/mol. The molecule has 0 aromatic heterocycles. The molecule has 0 aliphatic heterocycles. The average molecular weight is 275 g/mol. The second-order valence-electron chi connectivity index (χ2n) is 6.69. The van der Waals surface area contributed by atoms with Crippen LogP contribution >= 0.6 is 12.4 Å². The van der Waals surface area contributed by atoms with Gasteiger partial charge in [-0.3, -0.25) is 4.79 Å². The van der Waals surface area contributed by atoms with E-state index in [1.54, 1.807) is 0 Å². The van der Waals surface area contributed by atoms with Crippen LogP contribution in [0, 0.1) is 11.3 Å². The number of hydrogen-bond donors (Lipinski definition) is 2. The first kappa shape index (κ1) is 15.8. The highest BCUT2D eigenvalue weighted by atomic mass is 35.5. The molecule has 2 aliphatic rings. The Morgan fingerprint density at radius 3 is 2.39 bits per heavy atom. The Morgan fingerprint density at radius 1 is 1.22 bits per heavy atom. The number of rotatable bonds is 3. The zero-order valence-corrected chi connectivity index (χ0v) is 12.4. The number of carbonyl (C=O) groups excluding carboxylic acids is 1. The van der Waals surface area contributed by atoms with Crippen molar-refractivity contribution in [3.05, 3.63) is 0 Å². The van der Waals surface area contributed by atoms with Gasteiger partial charge in [-0.1, -0.05) is 26.2 Å². The first-order valence-electron chi connectivity index (χ1n) is 7.00. The summed E-state index contributed by atoms with van der Waals surface area (Å²) in [6, 6.07) is 0. The highest BCUT2D eigenvalue weighted by Gasteiger charge is 2.39. The Hall–Kier alpha value is -0.280. The van der Waals surface area contributed by atoms with Crippen molar-refractivity contribution >= 4 is 18.3 Å². The minimum absolute atomic E-state index is 0. The van der Waals surface area contributed by atoms with Gasteiger partial charge in [0.2, 0.25) is 5.91 Å². The monoisotopic (exact) mass is 274 g/mol. The third kappa shape index (κ3) is 3.39. The maximum Gasteiger partial charge on any atom is 0.224 e. The van der Waals surface area contributed by atoms with Gasteiger partial charge in [-0.25, -0.2) is 0 Å². The molecule has 1 amide bonds. The van der Waals surface area contributed by atoms with Crippen LogP contribution in [0.5, 0.6) is 0 Å². The Morgan fingerprint density at radius 2 is 1.89 bits per heavy atom. The molecule has 3 nitrogen and oxygen atoms in total. The van der Waals surface area contributed by atoms with Crippen molar-refractivity contribution < 1.29 is 4.79 Å². The molecule has 2 atom stereocenters. The van der Waals surface area contributed by atoms with E-state index in [1.807, 2.05) is 6.92 Å². The first-order valence-corrected chi connectivity index (χ1v) is 7.00. The molecule has 4 heteroatoms. The molecule has 0 saturated heterocycles. The van der Waals surface area contributed by atoms with E-state index in [2.05, 4.69) is 12.2 Å².